The van der Waals surface area contributed by atoms with Crippen LogP contribution in [0.1, 0.15) is 226 Å². The fraction of sp³-hybridized carbons (Fsp3) is 0.833. The standard InChI is InChI=1S/C48H90NO8P/c1-3-5-7-9-11-13-15-17-19-21-22-23-25-26-28-30-32-34-36-38-40-47(50)54-44-46(45-56-58(52,53)55-43-42-49)57-48(51)41-39-37-35-33-31-29-27-24-20-18-16-14-12-10-8-6-4-2/h12,14,18,20,27,29,46H,3-11,13,15-17,19,21-26,28,30-45,49H2,1-2H3,(H,52,53)/b14-12+,20-18+,29-27+/t46-/m1/s1. The summed E-state index contributed by atoms with van der Waals surface area (Å²) in [6.07, 6.45) is 50.3. The minimum absolute atomic E-state index is 0.0500. The fourth-order valence-corrected chi connectivity index (χ4v) is 7.47. The van der Waals surface area contributed by atoms with Gasteiger partial charge in [-0.1, -0.05) is 198 Å². The third kappa shape index (κ3) is 43.8. The summed E-state index contributed by atoms with van der Waals surface area (Å²) in [6.45, 7) is 3.71. The SMILES string of the molecule is CCCCC/C=C/C/C=C/C/C=C/CCCCCCC(=O)O[C@H](COC(=O)CCCCCCCCCCCCCCCCCCCCCC)COP(=O)(O)OCCN. The van der Waals surface area contributed by atoms with Crippen LogP contribution in [0, 0.1) is 0 Å². The zero-order valence-corrected chi connectivity index (χ0v) is 38.4. The Bertz CT molecular complexity index is 1050. The molecule has 0 radical (unpaired) electrons. The summed E-state index contributed by atoms with van der Waals surface area (Å²) in [5, 5.41) is 0. The number of phosphoric ester groups is 1. The highest BCUT2D eigenvalue weighted by Gasteiger charge is 2.26. The molecule has 0 heterocycles. The molecule has 3 N–H and O–H groups in total. The molecule has 0 spiro atoms. The first-order chi connectivity index (χ1) is 28.3. The van der Waals surface area contributed by atoms with Crippen molar-refractivity contribution in [3.8, 4) is 0 Å². The van der Waals surface area contributed by atoms with Crippen LogP contribution >= 0.6 is 7.82 Å². The molecule has 0 bridgehead atoms. The van der Waals surface area contributed by atoms with Gasteiger partial charge in [0.2, 0.25) is 0 Å². The van der Waals surface area contributed by atoms with Crippen LogP contribution in [0.2, 0.25) is 0 Å². The van der Waals surface area contributed by atoms with E-state index in [0.29, 0.717) is 6.42 Å². The third-order valence-corrected chi connectivity index (χ3v) is 11.3. The van der Waals surface area contributed by atoms with E-state index in [1.54, 1.807) is 0 Å². The maximum Gasteiger partial charge on any atom is 0.472 e. The van der Waals surface area contributed by atoms with E-state index < -0.39 is 26.5 Å². The second-order valence-electron chi connectivity index (χ2n) is 16.0. The molecule has 0 saturated heterocycles. The smallest absolute Gasteiger partial charge is 0.462 e. The van der Waals surface area contributed by atoms with Crippen molar-refractivity contribution in [3.05, 3.63) is 36.5 Å². The predicted molar refractivity (Wildman–Crippen MR) is 243 cm³/mol. The Morgan fingerprint density at radius 3 is 1.36 bits per heavy atom. The largest absolute Gasteiger partial charge is 0.472 e. The van der Waals surface area contributed by atoms with Crippen LogP contribution in [-0.2, 0) is 32.7 Å². The van der Waals surface area contributed by atoms with Gasteiger partial charge in [-0.05, 0) is 51.4 Å². The Hall–Kier alpha value is -1.77. The van der Waals surface area contributed by atoms with Crippen LogP contribution in [0.5, 0.6) is 0 Å². The number of phosphoric acid groups is 1. The highest BCUT2D eigenvalue weighted by molar-refractivity contribution is 7.47. The first-order valence-electron chi connectivity index (χ1n) is 24.0. The van der Waals surface area contributed by atoms with E-state index >= 15 is 0 Å². The van der Waals surface area contributed by atoms with Crippen LogP contribution in [-0.4, -0.2) is 49.3 Å². The minimum Gasteiger partial charge on any atom is -0.462 e. The Morgan fingerprint density at radius 2 is 0.897 bits per heavy atom. The van der Waals surface area contributed by atoms with Crippen molar-refractivity contribution in [2.24, 2.45) is 5.73 Å². The summed E-state index contributed by atoms with van der Waals surface area (Å²) >= 11 is 0. The first kappa shape index (κ1) is 56.2. The van der Waals surface area contributed by atoms with Gasteiger partial charge in [-0.2, -0.15) is 0 Å². The monoisotopic (exact) mass is 840 g/mol. The van der Waals surface area contributed by atoms with Gasteiger partial charge in [0.05, 0.1) is 13.2 Å². The number of carbonyl (C=O) groups is 2. The van der Waals surface area contributed by atoms with Gasteiger partial charge in [0, 0.05) is 19.4 Å². The van der Waals surface area contributed by atoms with Gasteiger partial charge >= 0.3 is 19.8 Å². The third-order valence-electron chi connectivity index (χ3n) is 10.3. The van der Waals surface area contributed by atoms with E-state index in [1.807, 2.05) is 0 Å². The Kier molecular flexibility index (Phi) is 43.4. The van der Waals surface area contributed by atoms with E-state index in [4.69, 9.17) is 24.3 Å². The van der Waals surface area contributed by atoms with E-state index in [1.165, 1.54) is 135 Å². The molecule has 0 amide bonds. The highest BCUT2D eigenvalue weighted by Crippen LogP contribution is 2.43. The number of unbranched alkanes of at least 4 members (excludes halogenated alkanes) is 26. The minimum atomic E-state index is -4.38. The number of allylic oxidation sites excluding steroid dienone is 6. The average molecular weight is 840 g/mol. The van der Waals surface area contributed by atoms with Crippen LogP contribution < -0.4 is 5.73 Å². The second kappa shape index (κ2) is 44.8. The molecule has 0 fully saturated rings. The molecule has 1 unspecified atom stereocenters. The molecular weight excluding hydrogens is 750 g/mol. The number of rotatable bonds is 45. The maximum absolute atomic E-state index is 12.6. The average Bonchev–Trinajstić information content (AvgIpc) is 3.21. The number of ether oxygens (including phenoxy) is 2. The lowest BCUT2D eigenvalue weighted by atomic mass is 10.0. The van der Waals surface area contributed by atoms with Crippen LogP contribution in [0.4, 0.5) is 0 Å². The zero-order valence-electron chi connectivity index (χ0n) is 37.5. The van der Waals surface area contributed by atoms with Gasteiger partial charge in [-0.15, -0.1) is 0 Å². The molecule has 340 valence electrons. The van der Waals surface area contributed by atoms with E-state index in [0.717, 1.165) is 57.8 Å². The molecule has 10 heteroatoms. The molecule has 0 aliphatic rings. The van der Waals surface area contributed by atoms with Crippen LogP contribution in [0.3, 0.4) is 0 Å². The topological polar surface area (TPSA) is 134 Å². The van der Waals surface area contributed by atoms with E-state index in [-0.39, 0.29) is 38.6 Å². The van der Waals surface area contributed by atoms with Crippen molar-refractivity contribution in [2.45, 2.75) is 232 Å². The van der Waals surface area contributed by atoms with Crippen molar-refractivity contribution in [2.75, 3.05) is 26.4 Å². The number of esters is 2. The summed E-state index contributed by atoms with van der Waals surface area (Å²) in [5.41, 5.74) is 5.36. The summed E-state index contributed by atoms with van der Waals surface area (Å²) in [5.74, 6) is -0.845. The molecule has 58 heavy (non-hydrogen) atoms. The molecule has 0 saturated carbocycles. The number of carbonyl (C=O) groups excluding carboxylic acids is 2. The summed E-state index contributed by atoms with van der Waals surface area (Å²) in [4.78, 5) is 35.0. The quantitative estimate of drug-likeness (QED) is 0.0266. The maximum atomic E-state index is 12.6. The highest BCUT2D eigenvalue weighted by atomic mass is 31.2. The molecule has 0 rings (SSSR count). The van der Waals surface area contributed by atoms with Crippen molar-refractivity contribution >= 4 is 19.8 Å². The Morgan fingerprint density at radius 1 is 0.517 bits per heavy atom. The number of nitrogens with two attached hydrogens (primary N) is 1. The molecule has 0 aromatic rings. The second-order valence-corrected chi connectivity index (χ2v) is 17.4. The van der Waals surface area contributed by atoms with E-state index in [2.05, 4.69) is 50.3 Å². The molecule has 0 aliphatic carbocycles. The number of hydrogen-bond acceptors (Lipinski definition) is 8. The van der Waals surface area contributed by atoms with Gasteiger partial charge in [0.1, 0.15) is 6.61 Å². The van der Waals surface area contributed by atoms with Gasteiger partial charge in [0.25, 0.3) is 0 Å². The van der Waals surface area contributed by atoms with E-state index in [9.17, 15) is 19.0 Å². The normalized spacial score (nSPS) is 13.5. The van der Waals surface area contributed by atoms with Crippen LogP contribution in [0.15, 0.2) is 36.5 Å². The Balaban J connectivity index is 4.09. The summed E-state index contributed by atoms with van der Waals surface area (Å²) in [6, 6.07) is 0. The van der Waals surface area contributed by atoms with Crippen molar-refractivity contribution in [1.29, 1.82) is 0 Å². The predicted octanol–water partition coefficient (Wildman–Crippen LogP) is 14.1. The first-order valence-corrected chi connectivity index (χ1v) is 25.5. The lowest BCUT2D eigenvalue weighted by Gasteiger charge is -2.19. The van der Waals surface area contributed by atoms with Gasteiger partial charge in [-0.25, -0.2) is 4.57 Å². The van der Waals surface area contributed by atoms with Gasteiger partial charge < -0.3 is 20.1 Å². The molecule has 9 nitrogen and oxygen atoms in total. The zero-order chi connectivity index (χ0) is 42.5. The lowest BCUT2D eigenvalue weighted by molar-refractivity contribution is -0.161. The molecule has 2 atom stereocenters. The lowest BCUT2D eigenvalue weighted by Crippen LogP contribution is -2.29. The van der Waals surface area contributed by atoms with Crippen molar-refractivity contribution in [3.63, 3.8) is 0 Å². The van der Waals surface area contributed by atoms with Crippen LogP contribution in [0.25, 0.3) is 0 Å². The molecule has 0 aromatic heterocycles. The summed E-state index contributed by atoms with van der Waals surface area (Å²) < 4.78 is 32.8. The fourth-order valence-electron chi connectivity index (χ4n) is 6.70. The van der Waals surface area contributed by atoms with Gasteiger partial charge in [-0.3, -0.25) is 18.6 Å². The van der Waals surface area contributed by atoms with Gasteiger partial charge in [0.15, 0.2) is 6.10 Å². The number of hydrogen-bond donors (Lipinski definition) is 2. The van der Waals surface area contributed by atoms with Crippen molar-refractivity contribution in [1.82, 2.24) is 0 Å². The summed E-state index contributed by atoms with van der Waals surface area (Å²) in [7, 11) is -4.38. The van der Waals surface area contributed by atoms with Crippen molar-refractivity contribution < 1.29 is 37.6 Å². The molecular formula is C48H90NO8P. The Labute approximate surface area is 356 Å². The molecule has 0 aromatic carbocycles. The molecule has 0 aliphatic heterocycles.